The minimum atomic E-state index is -0.376. The van der Waals surface area contributed by atoms with E-state index in [1.54, 1.807) is 24.4 Å². The van der Waals surface area contributed by atoms with Crippen LogP contribution in [-0.2, 0) is 11.4 Å². The number of rotatable bonds is 4. The lowest BCUT2D eigenvalue weighted by molar-refractivity contribution is -0.117. The van der Waals surface area contributed by atoms with E-state index in [1.807, 2.05) is 13.0 Å². The van der Waals surface area contributed by atoms with Gasteiger partial charge in [0.05, 0.1) is 18.2 Å². The van der Waals surface area contributed by atoms with Crippen LogP contribution in [0.1, 0.15) is 29.1 Å². The quantitative estimate of drug-likeness (QED) is 0.910. The molecule has 1 aromatic carbocycles. The predicted octanol–water partition coefficient (Wildman–Crippen LogP) is 3.34. The molecule has 6 heteroatoms. The molecule has 2 N–H and O–H groups in total. The molecule has 1 unspecified atom stereocenters. The average molecular weight is 311 g/mol. The van der Waals surface area contributed by atoms with Crippen molar-refractivity contribution in [2.75, 3.05) is 5.32 Å². The Balaban J connectivity index is 2.13. The summed E-state index contributed by atoms with van der Waals surface area (Å²) in [5, 5.41) is 14.9. The third-order valence-electron chi connectivity index (χ3n) is 3.02. The third-order valence-corrected chi connectivity index (χ3v) is 4.51. The predicted molar refractivity (Wildman–Crippen MR) is 81.3 cm³/mol. The van der Waals surface area contributed by atoms with Crippen molar-refractivity contribution in [3.05, 3.63) is 44.9 Å². The van der Waals surface area contributed by atoms with Crippen molar-refractivity contribution in [3.63, 3.8) is 0 Å². The van der Waals surface area contributed by atoms with Crippen LogP contribution in [0.15, 0.2) is 23.6 Å². The van der Waals surface area contributed by atoms with Crippen LogP contribution in [0.3, 0.4) is 0 Å². The van der Waals surface area contributed by atoms with Crippen molar-refractivity contribution in [2.45, 2.75) is 26.4 Å². The van der Waals surface area contributed by atoms with Gasteiger partial charge in [0.25, 0.3) is 0 Å². The highest BCUT2D eigenvalue weighted by Gasteiger charge is 2.19. The first-order valence-corrected chi connectivity index (χ1v) is 7.39. The van der Waals surface area contributed by atoms with Gasteiger partial charge < -0.3 is 10.4 Å². The molecular formula is C14H15ClN2O2S. The number of halogens is 1. The Morgan fingerprint density at radius 1 is 1.55 bits per heavy atom. The number of anilines is 1. The van der Waals surface area contributed by atoms with Gasteiger partial charge in [-0.15, -0.1) is 11.3 Å². The van der Waals surface area contributed by atoms with Crippen molar-refractivity contribution in [1.82, 2.24) is 4.98 Å². The molecule has 0 spiro atoms. The number of hydrogen-bond acceptors (Lipinski definition) is 4. The number of aliphatic hydroxyl groups is 1. The van der Waals surface area contributed by atoms with Gasteiger partial charge in [-0.2, -0.15) is 0 Å². The average Bonchev–Trinajstić information content (AvgIpc) is 2.91. The van der Waals surface area contributed by atoms with E-state index >= 15 is 0 Å². The number of aromatic nitrogens is 1. The largest absolute Gasteiger partial charge is 0.390 e. The van der Waals surface area contributed by atoms with Crippen LogP contribution in [0.5, 0.6) is 0 Å². The molecule has 1 aromatic heterocycles. The van der Waals surface area contributed by atoms with Crippen molar-refractivity contribution in [3.8, 4) is 0 Å². The lowest BCUT2D eigenvalue weighted by atomic mass is 10.1. The summed E-state index contributed by atoms with van der Waals surface area (Å²) in [5.74, 6) is -0.520. The normalized spacial score (nSPS) is 12.2. The van der Waals surface area contributed by atoms with Crippen molar-refractivity contribution in [1.29, 1.82) is 0 Å². The molecule has 2 aromatic rings. The number of amides is 1. The molecule has 0 radical (unpaired) electrons. The van der Waals surface area contributed by atoms with Gasteiger partial charge in [-0.05, 0) is 31.5 Å². The summed E-state index contributed by atoms with van der Waals surface area (Å²) in [4.78, 5) is 16.4. The zero-order valence-electron chi connectivity index (χ0n) is 11.2. The summed E-state index contributed by atoms with van der Waals surface area (Å²) < 4.78 is 0. The highest BCUT2D eigenvalue weighted by atomic mass is 35.5. The lowest BCUT2D eigenvalue weighted by Crippen LogP contribution is -2.19. The Hall–Kier alpha value is -1.43. The number of benzene rings is 1. The summed E-state index contributed by atoms with van der Waals surface area (Å²) in [6.45, 7) is 3.53. The second-order valence-electron chi connectivity index (χ2n) is 4.46. The van der Waals surface area contributed by atoms with Crippen LogP contribution < -0.4 is 5.32 Å². The van der Waals surface area contributed by atoms with Gasteiger partial charge >= 0.3 is 0 Å². The standard InChI is InChI=1S/C14H15ClN2O2S/c1-8-11(15)4-3-5-12(8)17-13(19)9(2)14-16-10(6-18)7-20-14/h3-5,7,9,18H,6H2,1-2H3,(H,17,19). The van der Waals surface area contributed by atoms with E-state index in [9.17, 15) is 4.79 Å². The zero-order valence-corrected chi connectivity index (χ0v) is 12.8. The second-order valence-corrected chi connectivity index (χ2v) is 5.76. The fraction of sp³-hybridized carbons (Fsp3) is 0.286. The fourth-order valence-electron chi connectivity index (χ4n) is 1.69. The molecular weight excluding hydrogens is 296 g/mol. The molecule has 0 fully saturated rings. The van der Waals surface area contributed by atoms with Crippen LogP contribution in [0, 0.1) is 6.92 Å². The molecule has 0 aliphatic rings. The SMILES string of the molecule is Cc1c(Cl)cccc1NC(=O)C(C)c1nc(CO)cs1. The minimum absolute atomic E-state index is 0.113. The smallest absolute Gasteiger partial charge is 0.234 e. The number of carbonyl (C=O) groups is 1. The molecule has 4 nitrogen and oxygen atoms in total. The lowest BCUT2D eigenvalue weighted by Gasteiger charge is -2.12. The Bertz CT molecular complexity index is 627. The van der Waals surface area contributed by atoms with E-state index in [4.69, 9.17) is 16.7 Å². The van der Waals surface area contributed by atoms with Gasteiger partial charge in [-0.25, -0.2) is 4.98 Å². The van der Waals surface area contributed by atoms with Gasteiger partial charge in [0, 0.05) is 16.1 Å². The third kappa shape index (κ3) is 3.17. The van der Waals surface area contributed by atoms with Crippen LogP contribution in [0.2, 0.25) is 5.02 Å². The first-order valence-electron chi connectivity index (χ1n) is 6.14. The van der Waals surface area contributed by atoms with Gasteiger partial charge in [0.2, 0.25) is 5.91 Å². The summed E-state index contributed by atoms with van der Waals surface area (Å²) in [7, 11) is 0. The van der Waals surface area contributed by atoms with E-state index in [0.29, 0.717) is 21.4 Å². The number of carbonyl (C=O) groups excluding carboxylic acids is 1. The van der Waals surface area contributed by atoms with E-state index in [1.165, 1.54) is 11.3 Å². The second kappa shape index (κ2) is 6.35. The monoisotopic (exact) mass is 310 g/mol. The van der Waals surface area contributed by atoms with E-state index in [0.717, 1.165) is 5.56 Å². The van der Waals surface area contributed by atoms with Crippen molar-refractivity contribution >= 4 is 34.5 Å². The summed E-state index contributed by atoms with van der Waals surface area (Å²) >= 11 is 7.40. The fourth-order valence-corrected chi connectivity index (χ4v) is 2.73. The molecule has 1 heterocycles. The van der Waals surface area contributed by atoms with Crippen LogP contribution >= 0.6 is 22.9 Å². The molecule has 106 valence electrons. The Morgan fingerprint density at radius 3 is 2.95 bits per heavy atom. The van der Waals surface area contributed by atoms with Crippen molar-refractivity contribution < 1.29 is 9.90 Å². The Labute approximate surface area is 126 Å². The Morgan fingerprint density at radius 2 is 2.30 bits per heavy atom. The van der Waals surface area contributed by atoms with E-state index in [-0.39, 0.29) is 18.4 Å². The minimum Gasteiger partial charge on any atom is -0.390 e. The topological polar surface area (TPSA) is 62.2 Å². The molecule has 20 heavy (non-hydrogen) atoms. The molecule has 2 rings (SSSR count). The van der Waals surface area contributed by atoms with E-state index in [2.05, 4.69) is 10.3 Å². The summed E-state index contributed by atoms with van der Waals surface area (Å²) in [5.41, 5.74) is 2.13. The zero-order chi connectivity index (χ0) is 14.7. The highest BCUT2D eigenvalue weighted by Crippen LogP contribution is 2.26. The number of hydrogen-bond donors (Lipinski definition) is 2. The van der Waals surface area contributed by atoms with Gasteiger partial charge in [0.15, 0.2) is 0 Å². The maximum atomic E-state index is 12.2. The Kier molecular flexibility index (Phi) is 4.75. The molecule has 1 atom stereocenters. The van der Waals surface area contributed by atoms with Crippen molar-refractivity contribution in [2.24, 2.45) is 0 Å². The molecule has 0 aliphatic heterocycles. The molecule has 0 saturated carbocycles. The summed E-state index contributed by atoms with van der Waals surface area (Å²) in [6.07, 6.45) is 0. The van der Waals surface area contributed by atoms with E-state index < -0.39 is 0 Å². The first kappa shape index (κ1) is 15.0. The van der Waals surface area contributed by atoms with Crippen LogP contribution in [0.4, 0.5) is 5.69 Å². The maximum absolute atomic E-state index is 12.2. The number of nitrogens with zero attached hydrogens (tertiary/aromatic N) is 1. The maximum Gasteiger partial charge on any atom is 0.234 e. The molecule has 1 amide bonds. The molecule has 0 bridgehead atoms. The first-order chi connectivity index (χ1) is 9.52. The van der Waals surface area contributed by atoms with Gasteiger partial charge in [-0.1, -0.05) is 17.7 Å². The van der Waals surface area contributed by atoms with Crippen LogP contribution in [0.25, 0.3) is 0 Å². The number of thiazole rings is 1. The van der Waals surface area contributed by atoms with Crippen LogP contribution in [-0.4, -0.2) is 16.0 Å². The molecule has 0 aliphatic carbocycles. The van der Waals surface area contributed by atoms with Gasteiger partial charge in [-0.3, -0.25) is 4.79 Å². The van der Waals surface area contributed by atoms with Gasteiger partial charge in [0.1, 0.15) is 5.01 Å². The highest BCUT2D eigenvalue weighted by molar-refractivity contribution is 7.09. The summed E-state index contributed by atoms with van der Waals surface area (Å²) in [6, 6.07) is 5.39. The number of nitrogens with one attached hydrogen (secondary N) is 1. The molecule has 0 saturated heterocycles. The number of aliphatic hydroxyl groups excluding tert-OH is 1.